The van der Waals surface area contributed by atoms with Crippen molar-refractivity contribution in [3.05, 3.63) is 0 Å². The molecule has 2 heterocycles. The maximum absolute atomic E-state index is 11.5. The second-order valence-corrected chi connectivity index (χ2v) is 4.25. The zero-order valence-electron chi connectivity index (χ0n) is 8.95. The molecule has 84 valence electrons. The van der Waals surface area contributed by atoms with E-state index >= 15 is 0 Å². The Morgan fingerprint density at radius 1 is 1.33 bits per heavy atom. The van der Waals surface area contributed by atoms with Crippen molar-refractivity contribution < 1.29 is 9.59 Å². The van der Waals surface area contributed by atoms with E-state index in [1.54, 1.807) is 0 Å². The molecule has 0 aromatic carbocycles. The second-order valence-electron chi connectivity index (χ2n) is 4.25. The van der Waals surface area contributed by atoms with Crippen molar-refractivity contribution in [3.8, 4) is 0 Å². The summed E-state index contributed by atoms with van der Waals surface area (Å²) in [5.74, 6) is 0.352. The Bertz CT molecular complexity index is 258. The molecular weight excluding hydrogens is 194 g/mol. The molecule has 0 radical (unpaired) electrons. The van der Waals surface area contributed by atoms with Crippen molar-refractivity contribution in [3.63, 3.8) is 0 Å². The van der Waals surface area contributed by atoms with Gasteiger partial charge in [0.2, 0.25) is 5.91 Å². The topological polar surface area (TPSA) is 61.4 Å². The molecule has 2 rings (SSSR count). The molecule has 5 nitrogen and oxygen atoms in total. The third-order valence-corrected chi connectivity index (χ3v) is 3.35. The minimum Gasteiger partial charge on any atom is -0.329 e. The van der Waals surface area contributed by atoms with E-state index in [0.29, 0.717) is 5.92 Å². The first kappa shape index (κ1) is 10.4. The maximum atomic E-state index is 11.5. The van der Waals surface area contributed by atoms with Gasteiger partial charge in [-0.2, -0.15) is 0 Å². The lowest BCUT2D eigenvalue weighted by molar-refractivity contribution is -0.127. The van der Waals surface area contributed by atoms with Crippen molar-refractivity contribution in [1.29, 1.82) is 0 Å². The van der Waals surface area contributed by atoms with Gasteiger partial charge >= 0.3 is 6.03 Å². The van der Waals surface area contributed by atoms with Gasteiger partial charge in [0.15, 0.2) is 0 Å². The van der Waals surface area contributed by atoms with Crippen LogP contribution in [0.2, 0.25) is 0 Å². The van der Waals surface area contributed by atoms with E-state index in [1.165, 1.54) is 4.90 Å². The molecule has 2 aliphatic rings. The predicted octanol–water partition coefficient (Wildman–Crippen LogP) is -0.0737. The van der Waals surface area contributed by atoms with E-state index in [4.69, 9.17) is 0 Å². The van der Waals surface area contributed by atoms with Crippen LogP contribution >= 0.6 is 0 Å². The van der Waals surface area contributed by atoms with Gasteiger partial charge in [-0.3, -0.25) is 9.69 Å². The highest BCUT2D eigenvalue weighted by atomic mass is 16.2. The van der Waals surface area contributed by atoms with E-state index < -0.39 is 0 Å². The molecule has 3 amide bonds. The molecule has 0 bridgehead atoms. The van der Waals surface area contributed by atoms with Crippen molar-refractivity contribution in [1.82, 2.24) is 15.5 Å². The van der Waals surface area contributed by atoms with Crippen LogP contribution < -0.4 is 10.6 Å². The predicted molar refractivity (Wildman–Crippen MR) is 55.3 cm³/mol. The summed E-state index contributed by atoms with van der Waals surface area (Å²) >= 11 is 0. The Labute approximate surface area is 89.2 Å². The van der Waals surface area contributed by atoms with Crippen molar-refractivity contribution >= 4 is 11.9 Å². The van der Waals surface area contributed by atoms with E-state index in [2.05, 4.69) is 10.6 Å². The molecule has 0 spiro atoms. The standard InChI is InChI=1S/C10H17N3O2/c1-7(8-2-4-11-5-3-8)13-9(14)6-12-10(13)15/h7-8,11H,2-6H2,1H3,(H,12,15). The van der Waals surface area contributed by atoms with E-state index in [0.717, 1.165) is 25.9 Å². The van der Waals surface area contributed by atoms with Crippen LogP contribution in [-0.4, -0.2) is 42.5 Å². The van der Waals surface area contributed by atoms with Crippen LogP contribution in [0.3, 0.4) is 0 Å². The monoisotopic (exact) mass is 211 g/mol. The molecule has 2 N–H and O–H groups in total. The normalized spacial score (nSPS) is 25.5. The summed E-state index contributed by atoms with van der Waals surface area (Å²) in [5.41, 5.74) is 0. The molecule has 15 heavy (non-hydrogen) atoms. The van der Waals surface area contributed by atoms with Gasteiger partial charge in [0, 0.05) is 6.04 Å². The third kappa shape index (κ3) is 1.97. The molecule has 1 atom stereocenters. The number of nitrogens with one attached hydrogen (secondary N) is 2. The van der Waals surface area contributed by atoms with Crippen LogP contribution in [0.5, 0.6) is 0 Å². The van der Waals surface area contributed by atoms with Gasteiger partial charge in [0.25, 0.3) is 0 Å². The number of rotatable bonds is 2. The molecule has 2 aliphatic heterocycles. The summed E-state index contributed by atoms with van der Waals surface area (Å²) in [7, 11) is 0. The summed E-state index contributed by atoms with van der Waals surface area (Å²) in [6, 6.07) is -0.201. The van der Waals surface area contributed by atoms with E-state index in [9.17, 15) is 9.59 Å². The van der Waals surface area contributed by atoms with Gasteiger partial charge in [0.05, 0.1) is 6.54 Å². The smallest absolute Gasteiger partial charge is 0.324 e. The molecule has 0 aromatic heterocycles. The Morgan fingerprint density at radius 2 is 2.00 bits per heavy atom. The van der Waals surface area contributed by atoms with Crippen molar-refractivity contribution in [2.24, 2.45) is 5.92 Å². The number of urea groups is 1. The minimum absolute atomic E-state index is 0.0297. The van der Waals surface area contributed by atoms with Crippen LogP contribution in [-0.2, 0) is 4.79 Å². The van der Waals surface area contributed by atoms with Crippen LogP contribution in [0.1, 0.15) is 19.8 Å². The highest BCUT2D eigenvalue weighted by Crippen LogP contribution is 2.22. The van der Waals surface area contributed by atoms with E-state index in [1.807, 2.05) is 6.92 Å². The lowest BCUT2D eigenvalue weighted by atomic mass is 9.90. The minimum atomic E-state index is -0.231. The zero-order valence-corrected chi connectivity index (χ0v) is 8.95. The molecule has 0 aliphatic carbocycles. The summed E-state index contributed by atoms with van der Waals surface area (Å²) in [6.45, 7) is 4.10. The molecule has 5 heteroatoms. The summed E-state index contributed by atoms with van der Waals surface area (Å²) in [4.78, 5) is 24.3. The SMILES string of the molecule is CC(C1CCNCC1)N1C(=O)CNC1=O. The number of carbonyl (C=O) groups excluding carboxylic acids is 2. The highest BCUT2D eigenvalue weighted by molar-refractivity contribution is 6.02. The number of carbonyl (C=O) groups is 2. The number of hydrogen-bond donors (Lipinski definition) is 2. The van der Waals surface area contributed by atoms with Gasteiger partial charge in [0.1, 0.15) is 0 Å². The number of nitrogens with zero attached hydrogens (tertiary/aromatic N) is 1. The first-order valence-corrected chi connectivity index (χ1v) is 5.51. The number of imide groups is 1. The molecule has 2 fully saturated rings. The summed E-state index contributed by atoms with van der Waals surface area (Å²) < 4.78 is 0. The molecule has 1 unspecified atom stereocenters. The van der Waals surface area contributed by atoms with E-state index in [-0.39, 0.29) is 24.5 Å². The van der Waals surface area contributed by atoms with Crippen LogP contribution in [0.4, 0.5) is 4.79 Å². The lowest BCUT2D eigenvalue weighted by Gasteiger charge is -2.32. The quantitative estimate of drug-likeness (QED) is 0.628. The van der Waals surface area contributed by atoms with Gasteiger partial charge in [-0.15, -0.1) is 0 Å². The molecule has 0 aromatic rings. The fraction of sp³-hybridized carbons (Fsp3) is 0.800. The maximum Gasteiger partial charge on any atom is 0.324 e. The molecule has 0 saturated carbocycles. The third-order valence-electron chi connectivity index (χ3n) is 3.35. The Balaban J connectivity index is 2.02. The second kappa shape index (κ2) is 4.18. The Kier molecular flexibility index (Phi) is 2.90. The number of hydrogen-bond acceptors (Lipinski definition) is 3. The molecular formula is C10H17N3O2. The first-order chi connectivity index (χ1) is 7.20. The lowest BCUT2D eigenvalue weighted by Crippen LogP contribution is -2.46. The van der Waals surface area contributed by atoms with Gasteiger partial charge < -0.3 is 10.6 Å². The number of piperidine rings is 1. The van der Waals surface area contributed by atoms with Crippen molar-refractivity contribution in [2.45, 2.75) is 25.8 Å². The fourth-order valence-electron chi connectivity index (χ4n) is 2.38. The largest absolute Gasteiger partial charge is 0.329 e. The van der Waals surface area contributed by atoms with Crippen LogP contribution in [0, 0.1) is 5.92 Å². The van der Waals surface area contributed by atoms with Gasteiger partial charge in [-0.05, 0) is 38.8 Å². The average Bonchev–Trinajstić information content (AvgIpc) is 2.59. The first-order valence-electron chi connectivity index (χ1n) is 5.51. The average molecular weight is 211 g/mol. The van der Waals surface area contributed by atoms with Gasteiger partial charge in [-0.1, -0.05) is 0 Å². The summed E-state index contributed by atoms with van der Waals surface area (Å²) in [6.07, 6.45) is 2.08. The van der Waals surface area contributed by atoms with Crippen LogP contribution in [0.25, 0.3) is 0 Å². The van der Waals surface area contributed by atoms with Crippen molar-refractivity contribution in [2.75, 3.05) is 19.6 Å². The van der Waals surface area contributed by atoms with Gasteiger partial charge in [-0.25, -0.2) is 4.79 Å². The summed E-state index contributed by atoms with van der Waals surface area (Å²) in [5, 5.41) is 5.84. The number of amides is 3. The molecule has 2 saturated heterocycles. The Morgan fingerprint density at radius 3 is 2.53 bits per heavy atom. The fourth-order valence-corrected chi connectivity index (χ4v) is 2.38. The zero-order chi connectivity index (χ0) is 10.8. The highest BCUT2D eigenvalue weighted by Gasteiger charge is 2.36. The Hall–Kier alpha value is -1.10. The van der Waals surface area contributed by atoms with Crippen LogP contribution in [0.15, 0.2) is 0 Å².